The van der Waals surface area contributed by atoms with Gasteiger partial charge < -0.3 is 19.5 Å². The fraction of sp³-hybridized carbons (Fsp3) is 0.348. The summed E-state index contributed by atoms with van der Waals surface area (Å²) in [6.45, 7) is 0.955. The average Bonchev–Trinajstić information content (AvgIpc) is 3.12. The molecule has 2 aromatic rings. The van der Waals surface area contributed by atoms with E-state index in [1.807, 2.05) is 30.3 Å². The van der Waals surface area contributed by atoms with E-state index in [4.69, 9.17) is 14.2 Å². The summed E-state index contributed by atoms with van der Waals surface area (Å²) in [6, 6.07) is 12.9. The van der Waals surface area contributed by atoms with Gasteiger partial charge in [0, 0.05) is 31.5 Å². The smallest absolute Gasteiger partial charge is 0.251 e. The molecule has 8 heteroatoms. The zero-order valence-corrected chi connectivity index (χ0v) is 17.7. The third kappa shape index (κ3) is 5.53. The number of nitrogens with one attached hydrogen (secondary N) is 1. The second kappa shape index (κ2) is 10.5. The molecular weight excluding hydrogens is 400 g/mol. The van der Waals surface area contributed by atoms with E-state index < -0.39 is 0 Å². The summed E-state index contributed by atoms with van der Waals surface area (Å²) in [7, 11) is 2.99. The molecule has 1 N–H and O–H groups in total. The SMILES string of the molecule is COc1cc(C(=O)NCCCN2C(=O)CCC2=O)cc(OC)c1OCc1ccccc1. The van der Waals surface area contributed by atoms with Crippen LogP contribution in [-0.4, -0.2) is 49.9 Å². The number of imide groups is 1. The van der Waals surface area contributed by atoms with Gasteiger partial charge in [-0.15, -0.1) is 0 Å². The molecule has 2 aromatic carbocycles. The van der Waals surface area contributed by atoms with Crippen LogP contribution in [0.5, 0.6) is 17.2 Å². The van der Waals surface area contributed by atoms with Crippen molar-refractivity contribution < 1.29 is 28.6 Å². The molecular formula is C23H26N2O6. The molecule has 1 aliphatic heterocycles. The molecule has 0 bridgehead atoms. The normalized spacial score (nSPS) is 13.3. The minimum Gasteiger partial charge on any atom is -0.493 e. The van der Waals surface area contributed by atoms with Crippen molar-refractivity contribution >= 4 is 17.7 Å². The van der Waals surface area contributed by atoms with Crippen molar-refractivity contribution in [2.24, 2.45) is 0 Å². The zero-order valence-electron chi connectivity index (χ0n) is 17.7. The van der Waals surface area contributed by atoms with E-state index in [1.54, 1.807) is 12.1 Å². The van der Waals surface area contributed by atoms with Gasteiger partial charge >= 0.3 is 0 Å². The van der Waals surface area contributed by atoms with E-state index in [0.29, 0.717) is 48.9 Å². The van der Waals surface area contributed by atoms with Crippen LogP contribution in [0.25, 0.3) is 0 Å². The van der Waals surface area contributed by atoms with Gasteiger partial charge in [0.1, 0.15) is 6.61 Å². The molecule has 0 saturated carbocycles. The van der Waals surface area contributed by atoms with E-state index in [1.165, 1.54) is 19.1 Å². The van der Waals surface area contributed by atoms with Gasteiger partial charge in [-0.3, -0.25) is 19.3 Å². The van der Waals surface area contributed by atoms with E-state index in [-0.39, 0.29) is 30.6 Å². The van der Waals surface area contributed by atoms with Crippen molar-refractivity contribution in [2.45, 2.75) is 25.9 Å². The summed E-state index contributed by atoms with van der Waals surface area (Å²) < 4.78 is 16.7. The molecule has 0 aliphatic carbocycles. The molecule has 0 aromatic heterocycles. The van der Waals surface area contributed by atoms with Crippen molar-refractivity contribution in [3.05, 3.63) is 53.6 Å². The van der Waals surface area contributed by atoms with Crippen molar-refractivity contribution in [3.8, 4) is 17.2 Å². The summed E-state index contributed by atoms with van der Waals surface area (Å²) in [5.41, 5.74) is 1.34. The van der Waals surface area contributed by atoms with Gasteiger partial charge in [0.15, 0.2) is 11.5 Å². The Kier molecular flexibility index (Phi) is 7.48. The standard InChI is InChI=1S/C23H26N2O6/c1-29-18-13-17(23(28)24-11-6-12-25-20(26)9-10-21(25)27)14-19(30-2)22(18)31-15-16-7-4-3-5-8-16/h3-5,7-8,13-14H,6,9-12,15H2,1-2H3,(H,24,28). The minimum absolute atomic E-state index is 0.156. The molecule has 3 amide bonds. The van der Waals surface area contributed by atoms with Crippen LogP contribution in [0.1, 0.15) is 35.2 Å². The molecule has 0 spiro atoms. The fourth-order valence-corrected chi connectivity index (χ4v) is 3.30. The lowest BCUT2D eigenvalue weighted by Gasteiger charge is -2.16. The van der Waals surface area contributed by atoms with Gasteiger partial charge in [-0.2, -0.15) is 0 Å². The van der Waals surface area contributed by atoms with Crippen LogP contribution in [0, 0.1) is 0 Å². The summed E-state index contributed by atoms with van der Waals surface area (Å²) in [6.07, 6.45) is 1.02. The number of ether oxygens (including phenoxy) is 3. The summed E-state index contributed by atoms with van der Waals surface area (Å²) in [5.74, 6) is 0.554. The number of methoxy groups -OCH3 is 2. The molecule has 0 unspecified atom stereocenters. The van der Waals surface area contributed by atoms with Gasteiger partial charge in [-0.05, 0) is 24.1 Å². The third-order valence-corrected chi connectivity index (χ3v) is 4.95. The first-order valence-corrected chi connectivity index (χ1v) is 10.1. The number of carbonyl (C=O) groups is 3. The first-order chi connectivity index (χ1) is 15.0. The predicted molar refractivity (Wildman–Crippen MR) is 113 cm³/mol. The van der Waals surface area contributed by atoms with E-state index >= 15 is 0 Å². The lowest BCUT2D eigenvalue weighted by molar-refractivity contribution is -0.138. The van der Waals surface area contributed by atoms with Crippen LogP contribution < -0.4 is 19.5 Å². The Morgan fingerprint density at radius 1 is 1.00 bits per heavy atom. The van der Waals surface area contributed by atoms with E-state index in [9.17, 15) is 14.4 Å². The third-order valence-electron chi connectivity index (χ3n) is 4.95. The minimum atomic E-state index is -0.315. The van der Waals surface area contributed by atoms with Crippen LogP contribution in [0.3, 0.4) is 0 Å². The first kappa shape index (κ1) is 22.1. The average molecular weight is 426 g/mol. The molecule has 1 heterocycles. The molecule has 1 fully saturated rings. The lowest BCUT2D eigenvalue weighted by atomic mass is 10.1. The van der Waals surface area contributed by atoms with Crippen molar-refractivity contribution in [3.63, 3.8) is 0 Å². The van der Waals surface area contributed by atoms with Crippen molar-refractivity contribution in [2.75, 3.05) is 27.3 Å². The fourth-order valence-electron chi connectivity index (χ4n) is 3.30. The van der Waals surface area contributed by atoms with Crippen LogP contribution in [0.4, 0.5) is 0 Å². The lowest BCUT2D eigenvalue weighted by Crippen LogP contribution is -2.33. The highest BCUT2D eigenvalue weighted by molar-refractivity contribution is 6.01. The maximum absolute atomic E-state index is 12.6. The number of hydrogen-bond acceptors (Lipinski definition) is 6. The summed E-state index contributed by atoms with van der Waals surface area (Å²) >= 11 is 0. The highest BCUT2D eigenvalue weighted by Gasteiger charge is 2.28. The molecule has 3 rings (SSSR count). The van der Waals surface area contributed by atoms with Crippen LogP contribution in [-0.2, 0) is 16.2 Å². The highest BCUT2D eigenvalue weighted by Crippen LogP contribution is 2.39. The second-order valence-electron chi connectivity index (χ2n) is 7.03. The van der Waals surface area contributed by atoms with Crippen LogP contribution in [0.15, 0.2) is 42.5 Å². The molecule has 31 heavy (non-hydrogen) atoms. The van der Waals surface area contributed by atoms with Gasteiger partial charge in [0.2, 0.25) is 17.6 Å². The van der Waals surface area contributed by atoms with Crippen molar-refractivity contribution in [1.29, 1.82) is 0 Å². The number of benzene rings is 2. The van der Waals surface area contributed by atoms with Gasteiger partial charge in [-0.1, -0.05) is 30.3 Å². The Labute approximate surface area is 181 Å². The van der Waals surface area contributed by atoms with Gasteiger partial charge in [0.25, 0.3) is 5.91 Å². The number of likely N-dealkylation sites (tertiary alicyclic amines) is 1. The van der Waals surface area contributed by atoms with E-state index in [2.05, 4.69) is 5.32 Å². The topological polar surface area (TPSA) is 94.2 Å². The molecule has 8 nitrogen and oxygen atoms in total. The monoisotopic (exact) mass is 426 g/mol. The van der Waals surface area contributed by atoms with Gasteiger partial charge in [0.05, 0.1) is 14.2 Å². The van der Waals surface area contributed by atoms with Crippen molar-refractivity contribution in [1.82, 2.24) is 10.2 Å². The number of carbonyl (C=O) groups excluding carboxylic acids is 3. The Bertz CT molecular complexity index is 903. The van der Waals surface area contributed by atoms with Crippen LogP contribution in [0.2, 0.25) is 0 Å². The van der Waals surface area contributed by atoms with Gasteiger partial charge in [-0.25, -0.2) is 0 Å². The second-order valence-corrected chi connectivity index (χ2v) is 7.03. The van der Waals surface area contributed by atoms with E-state index in [0.717, 1.165) is 5.56 Å². The summed E-state index contributed by atoms with van der Waals surface area (Å²) in [5, 5.41) is 2.79. The number of hydrogen-bond donors (Lipinski definition) is 1. The first-order valence-electron chi connectivity index (χ1n) is 10.1. The number of amides is 3. The molecule has 0 radical (unpaired) electrons. The Morgan fingerprint density at radius 2 is 1.61 bits per heavy atom. The Morgan fingerprint density at radius 3 is 2.19 bits per heavy atom. The highest BCUT2D eigenvalue weighted by atomic mass is 16.5. The summed E-state index contributed by atoms with van der Waals surface area (Å²) in [4.78, 5) is 37.1. The molecule has 1 saturated heterocycles. The number of nitrogens with zero attached hydrogens (tertiary/aromatic N) is 1. The molecule has 1 aliphatic rings. The maximum Gasteiger partial charge on any atom is 0.251 e. The molecule has 164 valence electrons. The Balaban J connectivity index is 1.61. The zero-order chi connectivity index (χ0) is 22.2. The maximum atomic E-state index is 12.6. The number of rotatable bonds is 10. The largest absolute Gasteiger partial charge is 0.493 e. The Hall–Kier alpha value is -3.55. The van der Waals surface area contributed by atoms with Crippen LogP contribution >= 0.6 is 0 Å². The molecule has 0 atom stereocenters. The quantitative estimate of drug-likeness (QED) is 0.464. The predicted octanol–water partition coefficient (Wildman–Crippen LogP) is 2.55.